The zero-order chi connectivity index (χ0) is 16.9. The fourth-order valence-electron chi connectivity index (χ4n) is 2.97. The summed E-state index contributed by atoms with van der Waals surface area (Å²) in [7, 11) is 1.96. The molecule has 2 aromatic rings. The average molecular weight is 385 g/mol. The third kappa shape index (κ3) is 5.15. The van der Waals surface area contributed by atoms with Crippen molar-refractivity contribution in [3.8, 4) is 5.69 Å². The number of piperidine rings is 1. The Bertz CT molecular complexity index is 694. The molecule has 1 unspecified atom stereocenters. The molecule has 1 amide bonds. The molecule has 0 radical (unpaired) electrons. The molecule has 3 rings (SSSR count). The fraction of sp³-hybridized carbons (Fsp3) is 0.438. The molecule has 136 valence electrons. The third-order valence-electron chi connectivity index (χ3n) is 4.18. The van der Waals surface area contributed by atoms with Gasteiger partial charge in [-0.1, -0.05) is 11.6 Å². The van der Waals surface area contributed by atoms with E-state index in [0.29, 0.717) is 23.3 Å². The van der Waals surface area contributed by atoms with Crippen LogP contribution in [0.15, 0.2) is 30.9 Å². The maximum atomic E-state index is 12.4. The van der Waals surface area contributed by atoms with Crippen LogP contribution in [0.25, 0.3) is 5.69 Å². The van der Waals surface area contributed by atoms with Crippen LogP contribution in [0.5, 0.6) is 0 Å². The number of amides is 1. The average Bonchev–Trinajstić information content (AvgIpc) is 3.09. The van der Waals surface area contributed by atoms with E-state index in [0.717, 1.165) is 31.6 Å². The van der Waals surface area contributed by atoms with Gasteiger partial charge in [0.15, 0.2) is 0 Å². The number of carbonyl (C=O) groups is 1. The van der Waals surface area contributed by atoms with Crippen LogP contribution in [-0.2, 0) is 4.79 Å². The maximum absolute atomic E-state index is 12.4. The largest absolute Gasteiger partial charge is 0.323 e. The molecule has 1 fully saturated rings. The lowest BCUT2D eigenvalue weighted by Gasteiger charge is -2.31. The molecule has 0 bridgehead atoms. The minimum Gasteiger partial charge on any atom is -0.323 e. The Morgan fingerprint density at radius 2 is 2.28 bits per heavy atom. The number of carbonyl (C=O) groups excluding carboxylic acids is 1. The van der Waals surface area contributed by atoms with E-state index >= 15 is 0 Å². The Morgan fingerprint density at radius 3 is 3.00 bits per heavy atom. The molecule has 0 spiro atoms. The van der Waals surface area contributed by atoms with Gasteiger partial charge in [-0.2, -0.15) is 5.10 Å². The molecule has 9 heteroatoms. The summed E-state index contributed by atoms with van der Waals surface area (Å²) in [5.41, 5.74) is 1.36. The number of nitrogens with zero attached hydrogens (tertiary/aromatic N) is 4. The van der Waals surface area contributed by atoms with Crippen molar-refractivity contribution in [1.29, 1.82) is 0 Å². The van der Waals surface area contributed by atoms with Crippen molar-refractivity contribution < 1.29 is 4.79 Å². The van der Waals surface area contributed by atoms with Gasteiger partial charge in [-0.25, -0.2) is 9.67 Å². The van der Waals surface area contributed by atoms with Crippen molar-refractivity contribution in [2.45, 2.75) is 18.9 Å². The molecule has 1 atom stereocenters. The summed E-state index contributed by atoms with van der Waals surface area (Å²) in [6, 6.07) is 5.74. The zero-order valence-corrected chi connectivity index (χ0v) is 15.6. The van der Waals surface area contributed by atoms with Crippen molar-refractivity contribution in [2.24, 2.45) is 0 Å². The zero-order valence-electron chi connectivity index (χ0n) is 14.0. The first kappa shape index (κ1) is 19.7. The molecule has 1 aromatic carbocycles. The van der Waals surface area contributed by atoms with Crippen molar-refractivity contribution >= 4 is 35.6 Å². The van der Waals surface area contributed by atoms with Crippen LogP contribution in [0.3, 0.4) is 0 Å². The quantitative estimate of drug-likeness (QED) is 0.823. The highest BCUT2D eigenvalue weighted by Gasteiger charge is 2.20. The number of halogens is 2. The smallest absolute Gasteiger partial charge is 0.238 e. The van der Waals surface area contributed by atoms with E-state index in [-0.39, 0.29) is 18.3 Å². The molecule has 1 aliphatic heterocycles. The molecule has 2 heterocycles. The molecule has 0 saturated carbocycles. The molecule has 1 aliphatic rings. The van der Waals surface area contributed by atoms with Gasteiger partial charge in [-0.3, -0.25) is 9.69 Å². The molecule has 2 N–H and O–H groups in total. The third-order valence-corrected chi connectivity index (χ3v) is 4.41. The number of aromatic nitrogens is 3. The van der Waals surface area contributed by atoms with E-state index in [4.69, 9.17) is 11.6 Å². The van der Waals surface area contributed by atoms with Gasteiger partial charge in [-0.15, -0.1) is 12.4 Å². The van der Waals surface area contributed by atoms with Gasteiger partial charge < -0.3 is 10.6 Å². The fourth-order valence-corrected chi connectivity index (χ4v) is 3.14. The molecule has 25 heavy (non-hydrogen) atoms. The van der Waals surface area contributed by atoms with Crippen LogP contribution in [0.1, 0.15) is 12.8 Å². The Labute approximate surface area is 158 Å². The predicted octanol–water partition coefficient (Wildman–Crippen LogP) is 1.96. The highest BCUT2D eigenvalue weighted by molar-refractivity contribution is 6.31. The number of anilines is 1. The summed E-state index contributed by atoms with van der Waals surface area (Å²) in [5, 5.41) is 10.9. The van der Waals surface area contributed by atoms with E-state index in [2.05, 4.69) is 25.6 Å². The van der Waals surface area contributed by atoms with E-state index in [1.54, 1.807) is 23.1 Å². The molecule has 7 nitrogen and oxygen atoms in total. The highest BCUT2D eigenvalue weighted by Crippen LogP contribution is 2.24. The number of likely N-dealkylation sites (tertiary alicyclic amines) is 1. The first-order valence-corrected chi connectivity index (χ1v) is 8.37. The van der Waals surface area contributed by atoms with Gasteiger partial charge in [-0.05, 0) is 44.6 Å². The SMILES string of the molecule is CNC1CCCN(CC(=O)Nc2cc(Cl)ccc2-n2cncn2)C1.Cl. The number of nitrogens with one attached hydrogen (secondary N) is 2. The lowest BCUT2D eigenvalue weighted by atomic mass is 10.1. The topological polar surface area (TPSA) is 75.1 Å². The summed E-state index contributed by atoms with van der Waals surface area (Å²) >= 11 is 6.08. The van der Waals surface area contributed by atoms with Crippen LogP contribution < -0.4 is 10.6 Å². The predicted molar refractivity (Wildman–Crippen MR) is 101 cm³/mol. The number of rotatable bonds is 5. The first-order valence-electron chi connectivity index (χ1n) is 7.99. The molecule has 0 aliphatic carbocycles. The second-order valence-corrected chi connectivity index (χ2v) is 6.35. The van der Waals surface area contributed by atoms with Crippen LogP contribution in [0.2, 0.25) is 5.02 Å². The van der Waals surface area contributed by atoms with Crippen molar-refractivity contribution in [3.63, 3.8) is 0 Å². The molecule has 1 aromatic heterocycles. The summed E-state index contributed by atoms with van der Waals surface area (Å²) in [6.07, 6.45) is 5.28. The number of hydrogen-bond donors (Lipinski definition) is 2. The second-order valence-electron chi connectivity index (χ2n) is 5.91. The van der Waals surface area contributed by atoms with Gasteiger partial charge >= 0.3 is 0 Å². The summed E-state index contributed by atoms with van der Waals surface area (Å²) in [4.78, 5) is 18.6. The second kappa shape index (κ2) is 9.15. The Hall–Kier alpha value is -1.67. The van der Waals surface area contributed by atoms with Gasteiger partial charge in [0.25, 0.3) is 0 Å². The standard InChI is InChI=1S/C16H21ClN6O.ClH/c1-18-13-3-2-6-22(8-13)9-16(24)21-14-7-12(17)4-5-15(14)23-11-19-10-20-23;/h4-5,7,10-11,13,18H,2-3,6,8-9H2,1H3,(H,21,24);1H. The van der Waals surface area contributed by atoms with E-state index in [1.165, 1.54) is 6.33 Å². The van der Waals surface area contributed by atoms with E-state index in [1.807, 2.05) is 13.1 Å². The monoisotopic (exact) mass is 384 g/mol. The minimum absolute atomic E-state index is 0. The Kier molecular flexibility index (Phi) is 7.19. The Balaban J connectivity index is 0.00000225. The van der Waals surface area contributed by atoms with Crippen molar-refractivity contribution in [1.82, 2.24) is 25.0 Å². The van der Waals surface area contributed by atoms with Crippen molar-refractivity contribution in [3.05, 3.63) is 35.9 Å². The lowest BCUT2D eigenvalue weighted by molar-refractivity contribution is -0.117. The number of benzene rings is 1. The van der Waals surface area contributed by atoms with E-state index < -0.39 is 0 Å². The van der Waals surface area contributed by atoms with E-state index in [9.17, 15) is 4.79 Å². The van der Waals surface area contributed by atoms with Gasteiger partial charge in [0, 0.05) is 17.6 Å². The summed E-state index contributed by atoms with van der Waals surface area (Å²) in [6.45, 7) is 2.19. The maximum Gasteiger partial charge on any atom is 0.238 e. The van der Waals surface area contributed by atoms with Crippen LogP contribution in [0, 0.1) is 0 Å². The first-order chi connectivity index (χ1) is 11.7. The summed E-state index contributed by atoms with van der Waals surface area (Å²) < 4.78 is 1.60. The highest BCUT2D eigenvalue weighted by atomic mass is 35.5. The van der Waals surface area contributed by atoms with Gasteiger partial charge in [0.1, 0.15) is 12.7 Å². The lowest BCUT2D eigenvalue weighted by Crippen LogP contribution is -2.46. The normalized spacial score (nSPS) is 17.8. The van der Waals surface area contributed by atoms with Crippen molar-refractivity contribution in [2.75, 3.05) is 32.0 Å². The Morgan fingerprint density at radius 1 is 1.44 bits per heavy atom. The number of hydrogen-bond acceptors (Lipinski definition) is 5. The molecule has 1 saturated heterocycles. The van der Waals surface area contributed by atoms with Gasteiger partial charge in [0.2, 0.25) is 5.91 Å². The van der Waals surface area contributed by atoms with Crippen LogP contribution in [0.4, 0.5) is 5.69 Å². The summed E-state index contributed by atoms with van der Waals surface area (Å²) in [5.74, 6) is -0.0598. The van der Waals surface area contributed by atoms with Crippen LogP contribution in [-0.4, -0.2) is 58.3 Å². The molecular weight excluding hydrogens is 363 g/mol. The van der Waals surface area contributed by atoms with Crippen LogP contribution >= 0.6 is 24.0 Å². The minimum atomic E-state index is -0.0598. The van der Waals surface area contributed by atoms with Gasteiger partial charge in [0.05, 0.1) is 17.9 Å². The number of likely N-dealkylation sites (N-methyl/N-ethyl adjacent to an activating group) is 1. The molecular formula is C16H22Cl2N6O.